The summed E-state index contributed by atoms with van der Waals surface area (Å²) in [6.45, 7) is 4.23. The van der Waals surface area contributed by atoms with Crippen molar-refractivity contribution in [2.45, 2.75) is 44.8 Å². The molecule has 0 aliphatic heterocycles. The minimum atomic E-state index is -0.844. The molecule has 3 rings (SSSR count). The van der Waals surface area contributed by atoms with Crippen LogP contribution in [-0.4, -0.2) is 27.3 Å². The topological polar surface area (TPSA) is 80.3 Å². The first-order valence-corrected chi connectivity index (χ1v) is 7.65. The quantitative estimate of drug-likeness (QED) is 0.858. The first-order chi connectivity index (χ1) is 10.6. The van der Waals surface area contributed by atoms with Gasteiger partial charge < -0.3 is 14.8 Å². The molecule has 22 heavy (non-hydrogen) atoms. The lowest BCUT2D eigenvalue weighted by atomic mass is 10.1. The number of carbonyl (C=O) groups excluding carboxylic acids is 1. The summed E-state index contributed by atoms with van der Waals surface area (Å²) >= 11 is 0. The van der Waals surface area contributed by atoms with E-state index in [1.54, 1.807) is 18.3 Å². The average Bonchev–Trinajstić information content (AvgIpc) is 3.03. The van der Waals surface area contributed by atoms with E-state index in [-0.39, 0.29) is 18.5 Å². The van der Waals surface area contributed by atoms with Crippen molar-refractivity contribution in [3.8, 4) is 0 Å². The predicted octanol–water partition coefficient (Wildman–Crippen LogP) is 2.40. The third-order valence-electron chi connectivity index (χ3n) is 3.86. The van der Waals surface area contributed by atoms with Crippen LogP contribution in [0.5, 0.6) is 0 Å². The zero-order valence-corrected chi connectivity index (χ0v) is 12.8. The molecule has 1 saturated carbocycles. The second-order valence-corrected chi connectivity index (χ2v) is 6.00. The van der Waals surface area contributed by atoms with Crippen LogP contribution in [0, 0.1) is 0 Å². The zero-order valence-electron chi connectivity index (χ0n) is 12.8. The fourth-order valence-electron chi connectivity index (χ4n) is 2.59. The number of nitrogens with zero attached hydrogens (tertiary/aromatic N) is 2. The van der Waals surface area contributed by atoms with Gasteiger partial charge in [0.25, 0.3) is 5.91 Å². The van der Waals surface area contributed by atoms with Crippen molar-refractivity contribution < 1.29 is 14.3 Å². The molecule has 118 valence electrons. The van der Waals surface area contributed by atoms with Crippen LogP contribution in [0.2, 0.25) is 0 Å². The number of nitrogens with one attached hydrogen (secondary N) is 1. The molecule has 1 atom stereocenters. The van der Waals surface area contributed by atoms with Crippen LogP contribution in [0.1, 0.15) is 66.6 Å². The number of hydrogen-bond donors (Lipinski definition) is 2. The summed E-state index contributed by atoms with van der Waals surface area (Å²) in [7, 11) is 0. The summed E-state index contributed by atoms with van der Waals surface area (Å²) in [4.78, 5) is 12.4. The maximum atomic E-state index is 12.4. The molecule has 6 heteroatoms. The van der Waals surface area contributed by atoms with Gasteiger partial charge >= 0.3 is 0 Å². The number of amides is 1. The van der Waals surface area contributed by atoms with Crippen molar-refractivity contribution in [3.05, 3.63) is 41.6 Å². The summed E-state index contributed by atoms with van der Waals surface area (Å²) in [5, 5.41) is 17.1. The second-order valence-electron chi connectivity index (χ2n) is 6.00. The van der Waals surface area contributed by atoms with Crippen LogP contribution in [-0.2, 0) is 0 Å². The maximum Gasteiger partial charge on any atom is 0.254 e. The summed E-state index contributed by atoms with van der Waals surface area (Å²) in [6.07, 6.45) is 4.49. The molecule has 0 radical (unpaired) electrons. The molecular formula is C16H21N3O3. The van der Waals surface area contributed by atoms with Crippen molar-refractivity contribution in [3.63, 3.8) is 0 Å². The Balaban J connectivity index is 1.70. The highest BCUT2D eigenvalue weighted by Crippen LogP contribution is 2.42. The van der Waals surface area contributed by atoms with Gasteiger partial charge in [0.05, 0.1) is 30.3 Å². The number of aliphatic hydroxyl groups is 1. The van der Waals surface area contributed by atoms with E-state index < -0.39 is 6.10 Å². The Kier molecular flexibility index (Phi) is 4.02. The van der Waals surface area contributed by atoms with Crippen molar-refractivity contribution in [1.82, 2.24) is 15.1 Å². The van der Waals surface area contributed by atoms with E-state index in [0.29, 0.717) is 17.2 Å². The maximum absolute atomic E-state index is 12.4. The number of carbonyl (C=O) groups is 1. The monoisotopic (exact) mass is 303 g/mol. The first kappa shape index (κ1) is 14.8. The van der Waals surface area contributed by atoms with E-state index >= 15 is 0 Å². The molecule has 1 aliphatic rings. The number of furan rings is 1. The predicted molar refractivity (Wildman–Crippen MR) is 80.6 cm³/mol. The van der Waals surface area contributed by atoms with Gasteiger partial charge in [-0.2, -0.15) is 5.10 Å². The third kappa shape index (κ3) is 2.92. The second kappa shape index (κ2) is 5.96. The molecule has 2 heterocycles. The Hall–Kier alpha value is -2.08. The molecule has 1 aliphatic carbocycles. The Labute approximate surface area is 129 Å². The Morgan fingerprint density at radius 1 is 1.55 bits per heavy atom. The lowest BCUT2D eigenvalue weighted by molar-refractivity contribution is 0.0900. The molecule has 2 N–H and O–H groups in total. The molecule has 0 bridgehead atoms. The van der Waals surface area contributed by atoms with E-state index in [9.17, 15) is 9.90 Å². The van der Waals surface area contributed by atoms with E-state index in [2.05, 4.69) is 24.3 Å². The van der Waals surface area contributed by atoms with E-state index in [0.717, 1.165) is 18.5 Å². The molecule has 1 fully saturated rings. The van der Waals surface area contributed by atoms with Crippen molar-refractivity contribution in [2.75, 3.05) is 6.54 Å². The van der Waals surface area contributed by atoms with Gasteiger partial charge in [0, 0.05) is 12.0 Å². The molecular weight excluding hydrogens is 282 g/mol. The van der Waals surface area contributed by atoms with Gasteiger partial charge in [-0.15, -0.1) is 0 Å². The molecule has 1 amide bonds. The van der Waals surface area contributed by atoms with E-state index in [1.807, 2.05) is 4.68 Å². The van der Waals surface area contributed by atoms with Gasteiger partial charge in [-0.3, -0.25) is 9.48 Å². The molecule has 2 aromatic heterocycles. The fraction of sp³-hybridized carbons (Fsp3) is 0.500. The number of aliphatic hydroxyl groups excluding tert-OH is 1. The lowest BCUT2D eigenvalue weighted by Crippen LogP contribution is -2.29. The molecule has 0 aromatic carbocycles. The summed E-state index contributed by atoms with van der Waals surface area (Å²) in [5.41, 5.74) is 1.63. The fourth-order valence-corrected chi connectivity index (χ4v) is 2.59. The Bertz CT molecular complexity index is 642. The molecule has 0 spiro atoms. The highest BCUT2D eigenvalue weighted by molar-refractivity contribution is 5.95. The van der Waals surface area contributed by atoms with Gasteiger partial charge in [0.1, 0.15) is 11.9 Å². The normalized spacial score (nSPS) is 16.0. The average molecular weight is 303 g/mol. The van der Waals surface area contributed by atoms with Crippen LogP contribution >= 0.6 is 0 Å². The Morgan fingerprint density at radius 3 is 2.91 bits per heavy atom. The van der Waals surface area contributed by atoms with Crippen LogP contribution in [0.3, 0.4) is 0 Å². The highest BCUT2D eigenvalue weighted by Gasteiger charge is 2.33. The van der Waals surface area contributed by atoms with E-state index in [4.69, 9.17) is 4.42 Å². The minimum absolute atomic E-state index is 0.114. The first-order valence-electron chi connectivity index (χ1n) is 7.65. The number of hydrogen-bond acceptors (Lipinski definition) is 4. The van der Waals surface area contributed by atoms with Crippen LogP contribution in [0.15, 0.2) is 29.0 Å². The summed E-state index contributed by atoms with van der Waals surface area (Å²) < 4.78 is 7.05. The molecule has 2 aromatic rings. The van der Waals surface area contributed by atoms with E-state index in [1.165, 1.54) is 6.26 Å². The highest BCUT2D eigenvalue weighted by atomic mass is 16.4. The van der Waals surface area contributed by atoms with Crippen LogP contribution in [0.25, 0.3) is 0 Å². The lowest BCUT2D eigenvalue weighted by Gasteiger charge is -2.13. The smallest absolute Gasteiger partial charge is 0.254 e. The molecule has 1 unspecified atom stereocenters. The van der Waals surface area contributed by atoms with Gasteiger partial charge in [-0.25, -0.2) is 0 Å². The SMILES string of the molecule is CC(C)n1ncc(C(=O)NCC(O)c2ccco2)c1C1CC1. The van der Waals surface area contributed by atoms with Crippen LogP contribution in [0.4, 0.5) is 0 Å². The van der Waals surface area contributed by atoms with Crippen LogP contribution < -0.4 is 5.32 Å². The molecule has 0 saturated heterocycles. The number of rotatable bonds is 6. The van der Waals surface area contributed by atoms with Gasteiger partial charge in [-0.1, -0.05) is 0 Å². The number of aromatic nitrogens is 2. The van der Waals surface area contributed by atoms with Crippen molar-refractivity contribution in [2.24, 2.45) is 0 Å². The van der Waals surface area contributed by atoms with Crippen molar-refractivity contribution in [1.29, 1.82) is 0 Å². The van der Waals surface area contributed by atoms with Gasteiger partial charge in [-0.05, 0) is 38.8 Å². The standard InChI is InChI=1S/C16H21N3O3/c1-10(2)19-15(11-5-6-11)12(8-18-19)16(21)17-9-13(20)14-4-3-7-22-14/h3-4,7-8,10-11,13,20H,5-6,9H2,1-2H3,(H,17,21). The Morgan fingerprint density at radius 2 is 2.32 bits per heavy atom. The summed E-state index contributed by atoms with van der Waals surface area (Å²) in [5.74, 6) is 0.681. The zero-order chi connectivity index (χ0) is 15.7. The van der Waals surface area contributed by atoms with Crippen molar-refractivity contribution >= 4 is 5.91 Å². The largest absolute Gasteiger partial charge is 0.467 e. The van der Waals surface area contributed by atoms with Gasteiger partial charge in [0.15, 0.2) is 0 Å². The molecule has 6 nitrogen and oxygen atoms in total. The third-order valence-corrected chi connectivity index (χ3v) is 3.86. The summed E-state index contributed by atoms with van der Waals surface area (Å²) in [6, 6.07) is 3.62. The van der Waals surface area contributed by atoms with Gasteiger partial charge in [0.2, 0.25) is 0 Å². The minimum Gasteiger partial charge on any atom is -0.467 e.